The molecule has 0 fully saturated rings. The van der Waals surface area contributed by atoms with E-state index in [2.05, 4.69) is 39.3 Å². The molecule has 0 aliphatic carbocycles. The average Bonchev–Trinajstić information content (AvgIpc) is 2.98. The lowest BCUT2D eigenvalue weighted by molar-refractivity contribution is 0.884. The molecule has 0 atom stereocenters. The third kappa shape index (κ3) is 2.64. The Morgan fingerprint density at radius 2 is 1.78 bits per heavy atom. The molecule has 23 heavy (non-hydrogen) atoms. The molecule has 0 saturated carbocycles. The molecule has 0 radical (unpaired) electrons. The SMILES string of the molecule is Nc1nc2cccc(Cc3ccc(-c4ccccn4)cc3)n2n1. The summed E-state index contributed by atoms with van der Waals surface area (Å²) in [5.41, 5.74) is 10.8. The molecule has 0 amide bonds. The standard InChI is InChI=1S/C18H15N5/c19-18-21-17-6-3-4-15(23(17)22-18)12-13-7-9-14(10-8-13)16-5-1-2-11-20-16/h1-11H,12H2,(H2,19,22). The van der Waals surface area contributed by atoms with E-state index in [1.165, 1.54) is 5.56 Å². The summed E-state index contributed by atoms with van der Waals surface area (Å²) in [4.78, 5) is 8.56. The minimum atomic E-state index is 0.294. The molecule has 0 bridgehead atoms. The van der Waals surface area contributed by atoms with Gasteiger partial charge in [0.1, 0.15) is 0 Å². The smallest absolute Gasteiger partial charge is 0.240 e. The van der Waals surface area contributed by atoms with Crippen LogP contribution in [-0.4, -0.2) is 19.6 Å². The average molecular weight is 301 g/mol. The van der Waals surface area contributed by atoms with E-state index in [1.54, 1.807) is 10.7 Å². The Bertz CT molecular complexity index is 942. The zero-order chi connectivity index (χ0) is 15.6. The highest BCUT2D eigenvalue weighted by atomic mass is 15.3. The molecule has 5 heteroatoms. The van der Waals surface area contributed by atoms with Gasteiger partial charge in [0.25, 0.3) is 0 Å². The largest absolute Gasteiger partial charge is 0.366 e. The lowest BCUT2D eigenvalue weighted by Crippen LogP contribution is -2.00. The van der Waals surface area contributed by atoms with Gasteiger partial charge in [0.15, 0.2) is 5.65 Å². The Morgan fingerprint density at radius 1 is 0.913 bits per heavy atom. The van der Waals surface area contributed by atoms with Crippen LogP contribution in [0.25, 0.3) is 16.9 Å². The van der Waals surface area contributed by atoms with Crippen molar-refractivity contribution in [3.63, 3.8) is 0 Å². The molecule has 2 N–H and O–H groups in total. The van der Waals surface area contributed by atoms with E-state index in [4.69, 9.17) is 5.73 Å². The first kappa shape index (κ1) is 13.5. The molecule has 0 aliphatic heterocycles. The van der Waals surface area contributed by atoms with Gasteiger partial charge in [0.05, 0.1) is 5.69 Å². The van der Waals surface area contributed by atoms with Crippen LogP contribution < -0.4 is 5.73 Å². The number of nitrogen functional groups attached to an aromatic ring is 1. The molecule has 3 heterocycles. The van der Waals surface area contributed by atoms with Crippen LogP contribution in [0.3, 0.4) is 0 Å². The summed E-state index contributed by atoms with van der Waals surface area (Å²) >= 11 is 0. The van der Waals surface area contributed by atoms with Crippen molar-refractivity contribution in [1.29, 1.82) is 0 Å². The lowest BCUT2D eigenvalue weighted by Gasteiger charge is -2.06. The van der Waals surface area contributed by atoms with Crippen molar-refractivity contribution in [3.8, 4) is 11.3 Å². The number of benzene rings is 1. The fourth-order valence-electron chi connectivity index (χ4n) is 2.65. The van der Waals surface area contributed by atoms with Gasteiger partial charge in [-0.3, -0.25) is 4.98 Å². The molecule has 0 spiro atoms. The number of fused-ring (bicyclic) bond motifs is 1. The Morgan fingerprint density at radius 3 is 2.57 bits per heavy atom. The first-order chi connectivity index (χ1) is 11.3. The molecule has 1 aromatic carbocycles. The van der Waals surface area contributed by atoms with E-state index in [9.17, 15) is 0 Å². The minimum absolute atomic E-state index is 0.294. The van der Waals surface area contributed by atoms with Crippen LogP contribution in [0, 0.1) is 0 Å². The molecule has 5 nitrogen and oxygen atoms in total. The maximum absolute atomic E-state index is 5.69. The van der Waals surface area contributed by atoms with Crippen LogP contribution in [0.15, 0.2) is 66.9 Å². The minimum Gasteiger partial charge on any atom is -0.366 e. The van der Waals surface area contributed by atoms with Crippen molar-refractivity contribution in [2.24, 2.45) is 0 Å². The molecule has 4 rings (SSSR count). The molecular formula is C18H15N5. The van der Waals surface area contributed by atoms with E-state index in [1.807, 2.05) is 36.4 Å². The summed E-state index contributed by atoms with van der Waals surface area (Å²) < 4.78 is 1.79. The second-order valence-electron chi connectivity index (χ2n) is 5.35. The van der Waals surface area contributed by atoms with Crippen LogP contribution in [0.5, 0.6) is 0 Å². The van der Waals surface area contributed by atoms with Gasteiger partial charge >= 0.3 is 0 Å². The van der Waals surface area contributed by atoms with Gasteiger partial charge in [-0.15, -0.1) is 5.10 Å². The molecule has 0 unspecified atom stereocenters. The number of aromatic nitrogens is 4. The first-order valence-electron chi connectivity index (χ1n) is 7.40. The van der Waals surface area contributed by atoms with Crippen molar-refractivity contribution < 1.29 is 0 Å². The number of rotatable bonds is 3. The summed E-state index contributed by atoms with van der Waals surface area (Å²) in [5, 5.41) is 4.25. The van der Waals surface area contributed by atoms with Crippen LogP contribution in [-0.2, 0) is 6.42 Å². The number of nitrogens with two attached hydrogens (primary N) is 1. The van der Waals surface area contributed by atoms with Gasteiger partial charge < -0.3 is 5.73 Å². The van der Waals surface area contributed by atoms with Crippen LogP contribution in [0.4, 0.5) is 5.95 Å². The molecule has 112 valence electrons. The number of nitrogens with zero attached hydrogens (tertiary/aromatic N) is 4. The Balaban J connectivity index is 1.64. The van der Waals surface area contributed by atoms with Gasteiger partial charge in [-0.25, -0.2) is 4.52 Å². The zero-order valence-electron chi connectivity index (χ0n) is 12.4. The van der Waals surface area contributed by atoms with Crippen molar-refractivity contribution in [3.05, 3.63) is 78.1 Å². The predicted octanol–water partition coefficient (Wildman–Crippen LogP) is 2.96. The van der Waals surface area contributed by atoms with Crippen LogP contribution in [0.1, 0.15) is 11.3 Å². The van der Waals surface area contributed by atoms with E-state index in [0.29, 0.717) is 5.95 Å². The van der Waals surface area contributed by atoms with Gasteiger partial charge in [0.2, 0.25) is 5.95 Å². The first-order valence-corrected chi connectivity index (χ1v) is 7.40. The molecule has 0 saturated heterocycles. The number of pyridine rings is 2. The van der Waals surface area contributed by atoms with Crippen molar-refractivity contribution in [1.82, 2.24) is 19.6 Å². The maximum Gasteiger partial charge on any atom is 0.240 e. The summed E-state index contributed by atoms with van der Waals surface area (Å²) in [6, 6.07) is 20.2. The van der Waals surface area contributed by atoms with E-state index in [-0.39, 0.29) is 0 Å². The van der Waals surface area contributed by atoms with Crippen LogP contribution >= 0.6 is 0 Å². The maximum atomic E-state index is 5.69. The van der Waals surface area contributed by atoms with Crippen molar-refractivity contribution in [2.75, 3.05) is 5.73 Å². The summed E-state index contributed by atoms with van der Waals surface area (Å²) in [5.74, 6) is 0.294. The normalized spacial score (nSPS) is 11.0. The van der Waals surface area contributed by atoms with E-state index < -0.39 is 0 Å². The molecule has 4 aromatic rings. The second kappa shape index (κ2) is 5.53. The summed E-state index contributed by atoms with van der Waals surface area (Å²) in [7, 11) is 0. The third-order valence-electron chi connectivity index (χ3n) is 3.75. The van der Waals surface area contributed by atoms with Crippen LogP contribution in [0.2, 0.25) is 0 Å². The molecule has 3 aromatic heterocycles. The molecular weight excluding hydrogens is 286 g/mol. The Hall–Kier alpha value is -3.21. The highest BCUT2D eigenvalue weighted by molar-refractivity contribution is 5.59. The van der Waals surface area contributed by atoms with Crippen molar-refractivity contribution >= 4 is 11.6 Å². The number of hydrogen-bond donors (Lipinski definition) is 1. The zero-order valence-corrected chi connectivity index (χ0v) is 12.4. The van der Waals surface area contributed by atoms with Gasteiger partial charge in [-0.1, -0.05) is 36.4 Å². The summed E-state index contributed by atoms with van der Waals surface area (Å²) in [6.07, 6.45) is 2.57. The predicted molar refractivity (Wildman–Crippen MR) is 89.9 cm³/mol. The van der Waals surface area contributed by atoms with Crippen molar-refractivity contribution in [2.45, 2.75) is 6.42 Å². The van der Waals surface area contributed by atoms with Gasteiger partial charge in [-0.2, -0.15) is 4.98 Å². The van der Waals surface area contributed by atoms with Gasteiger partial charge in [-0.05, 0) is 29.8 Å². The van der Waals surface area contributed by atoms with E-state index in [0.717, 1.165) is 29.0 Å². The Labute approximate surface area is 133 Å². The van der Waals surface area contributed by atoms with Gasteiger partial charge in [0, 0.05) is 23.9 Å². The summed E-state index contributed by atoms with van der Waals surface area (Å²) in [6.45, 7) is 0. The quantitative estimate of drug-likeness (QED) is 0.631. The monoisotopic (exact) mass is 301 g/mol. The highest BCUT2D eigenvalue weighted by Gasteiger charge is 2.06. The fraction of sp³-hybridized carbons (Fsp3) is 0.0556. The second-order valence-corrected chi connectivity index (χ2v) is 5.35. The highest BCUT2D eigenvalue weighted by Crippen LogP contribution is 2.19. The molecule has 0 aliphatic rings. The lowest BCUT2D eigenvalue weighted by atomic mass is 10.0. The topological polar surface area (TPSA) is 69.1 Å². The number of anilines is 1. The van der Waals surface area contributed by atoms with E-state index >= 15 is 0 Å². The Kier molecular flexibility index (Phi) is 3.24. The third-order valence-corrected chi connectivity index (χ3v) is 3.75. The fourth-order valence-corrected chi connectivity index (χ4v) is 2.65. The number of hydrogen-bond acceptors (Lipinski definition) is 4.